The summed E-state index contributed by atoms with van der Waals surface area (Å²) in [6.45, 7) is 3.55. The Morgan fingerprint density at radius 1 is 0.786 bits per heavy atom. The molecule has 162 valence electrons. The van der Waals surface area contributed by atoms with Gasteiger partial charge in [-0.15, -0.1) is 0 Å². The Hall–Kier alpha value is -0.430. The molecule has 0 aromatic heterocycles. The van der Waals surface area contributed by atoms with Crippen molar-refractivity contribution in [2.24, 2.45) is 40.4 Å². The van der Waals surface area contributed by atoms with Gasteiger partial charge in [0.15, 0.2) is 5.79 Å². The average Bonchev–Trinajstić information content (AvgIpc) is 2.92. The van der Waals surface area contributed by atoms with E-state index in [-0.39, 0.29) is 30.1 Å². The first kappa shape index (κ1) is 20.8. The predicted octanol–water partition coefficient (Wildman–Crippen LogP) is 5.52. The number of fused-ring (bicyclic) bond motifs is 5. The second-order valence-corrected chi connectivity index (χ2v) is 10.4. The molecule has 0 aromatic carbocycles. The zero-order valence-corrected chi connectivity index (χ0v) is 16.5. The topological polar surface area (TPSA) is 40.5 Å². The number of rotatable bonds is 1. The van der Waals surface area contributed by atoms with E-state index < -0.39 is 34.6 Å². The molecule has 7 atom stereocenters. The lowest BCUT2D eigenvalue weighted by Crippen LogP contribution is -2.63. The molecule has 0 saturated heterocycles. The largest absolute Gasteiger partial charge is 0.453 e. The Morgan fingerprint density at radius 2 is 1.46 bits per heavy atom. The summed E-state index contributed by atoms with van der Waals surface area (Å²) in [5.74, 6) is -8.22. The van der Waals surface area contributed by atoms with Crippen molar-refractivity contribution in [2.75, 3.05) is 0 Å². The zero-order valence-electron chi connectivity index (χ0n) is 16.5. The van der Waals surface area contributed by atoms with Crippen LogP contribution < -0.4 is 0 Å². The number of hydrogen-bond acceptors (Lipinski definition) is 2. The molecule has 0 radical (unpaired) electrons. The van der Waals surface area contributed by atoms with Gasteiger partial charge < -0.3 is 10.2 Å². The van der Waals surface area contributed by atoms with Crippen LogP contribution in [0, 0.1) is 40.4 Å². The minimum absolute atomic E-state index is 0.00851. The molecule has 2 N–H and O–H groups in total. The first-order valence-corrected chi connectivity index (χ1v) is 10.7. The molecule has 0 aliphatic heterocycles. The van der Waals surface area contributed by atoms with Gasteiger partial charge in [0, 0.05) is 17.8 Å². The van der Waals surface area contributed by atoms with Gasteiger partial charge in [0.1, 0.15) is 0 Å². The van der Waals surface area contributed by atoms with Crippen molar-refractivity contribution in [3.05, 3.63) is 0 Å². The first-order valence-electron chi connectivity index (χ1n) is 10.7. The molecule has 28 heavy (non-hydrogen) atoms. The minimum atomic E-state index is -5.52. The van der Waals surface area contributed by atoms with Gasteiger partial charge in [-0.2, -0.15) is 22.0 Å². The van der Waals surface area contributed by atoms with Crippen molar-refractivity contribution in [3.8, 4) is 0 Å². The fraction of sp³-hybridized carbons (Fsp3) is 1.00. The van der Waals surface area contributed by atoms with E-state index in [1.165, 1.54) is 0 Å². The van der Waals surface area contributed by atoms with Crippen LogP contribution in [0.5, 0.6) is 0 Å². The molecule has 4 aliphatic rings. The summed E-state index contributed by atoms with van der Waals surface area (Å²) in [7, 11) is 0. The van der Waals surface area contributed by atoms with E-state index in [1.54, 1.807) is 6.92 Å². The van der Waals surface area contributed by atoms with Crippen molar-refractivity contribution < 1.29 is 32.2 Å². The maximum Gasteiger partial charge on any atom is 0.453 e. The number of halogens is 5. The predicted molar refractivity (Wildman–Crippen MR) is 93.4 cm³/mol. The van der Waals surface area contributed by atoms with E-state index >= 15 is 0 Å². The summed E-state index contributed by atoms with van der Waals surface area (Å²) < 4.78 is 68.0. The summed E-state index contributed by atoms with van der Waals surface area (Å²) in [5.41, 5.74) is -1.76. The lowest BCUT2D eigenvalue weighted by Gasteiger charge is -2.63. The lowest BCUT2D eigenvalue weighted by molar-refractivity contribution is -0.326. The lowest BCUT2D eigenvalue weighted by atomic mass is 9.43. The van der Waals surface area contributed by atoms with Crippen LogP contribution in [0.25, 0.3) is 0 Å². The molecule has 4 rings (SSSR count). The fourth-order valence-electron chi connectivity index (χ4n) is 8.16. The van der Waals surface area contributed by atoms with Gasteiger partial charge in [-0.25, -0.2) is 0 Å². The highest BCUT2D eigenvalue weighted by Gasteiger charge is 2.72. The average molecular weight is 410 g/mol. The van der Waals surface area contributed by atoms with Gasteiger partial charge in [-0.3, -0.25) is 0 Å². The van der Waals surface area contributed by atoms with Crippen molar-refractivity contribution in [2.45, 2.75) is 89.5 Å². The highest BCUT2D eigenvalue weighted by Crippen LogP contribution is 2.70. The minimum Gasteiger partial charge on any atom is -0.365 e. The molecule has 0 amide bonds. The highest BCUT2D eigenvalue weighted by atomic mass is 19.4. The van der Waals surface area contributed by atoms with E-state index in [2.05, 4.69) is 0 Å². The highest BCUT2D eigenvalue weighted by molar-refractivity contribution is 5.13. The second-order valence-electron chi connectivity index (χ2n) is 10.4. The normalized spacial score (nSPS) is 48.5. The van der Waals surface area contributed by atoms with Crippen molar-refractivity contribution in [1.82, 2.24) is 0 Å². The molecule has 4 saturated carbocycles. The first-order chi connectivity index (χ1) is 12.8. The summed E-state index contributed by atoms with van der Waals surface area (Å²) in [5, 5.41) is 21.7. The molecule has 0 heterocycles. The molecule has 0 aromatic rings. The van der Waals surface area contributed by atoms with Crippen LogP contribution in [0.2, 0.25) is 0 Å². The van der Waals surface area contributed by atoms with E-state index in [1.807, 2.05) is 6.92 Å². The van der Waals surface area contributed by atoms with Gasteiger partial charge in [-0.05, 0) is 80.5 Å². The van der Waals surface area contributed by atoms with Crippen LogP contribution in [0.4, 0.5) is 22.0 Å². The monoisotopic (exact) mass is 410 g/mol. The van der Waals surface area contributed by atoms with Gasteiger partial charge >= 0.3 is 12.1 Å². The smallest absolute Gasteiger partial charge is 0.365 e. The fourth-order valence-corrected chi connectivity index (χ4v) is 8.16. The van der Waals surface area contributed by atoms with E-state index in [4.69, 9.17) is 0 Å². The third kappa shape index (κ3) is 2.50. The summed E-state index contributed by atoms with van der Waals surface area (Å²) >= 11 is 0. The Balaban J connectivity index is 1.67. The van der Waals surface area contributed by atoms with Gasteiger partial charge in [0.2, 0.25) is 0 Å². The van der Waals surface area contributed by atoms with Crippen molar-refractivity contribution in [1.29, 1.82) is 0 Å². The number of aliphatic hydroxyl groups is 2. The van der Waals surface area contributed by atoms with Crippen LogP contribution in [0.15, 0.2) is 0 Å². The molecule has 4 fully saturated rings. The zero-order chi connectivity index (χ0) is 20.8. The SMILES string of the molecule is C[C@]12CC[C@H]3[C@@H](CC[C@H]4CCCC(O)(O)[C@@]43C)[C@@H]1CC[C@@H]2C(F)(F)C(F)(F)F. The quantitative estimate of drug-likeness (QED) is 0.441. The molecule has 0 spiro atoms. The van der Waals surface area contributed by atoms with Crippen LogP contribution in [0.1, 0.15) is 71.6 Å². The standard InChI is InChI=1S/C21H31F5O2/c1-17-11-9-15-13(6-5-12-4-3-10-19(27,28)18(12,15)2)14(17)7-8-16(17)20(22,23)21(24,25)26/h12-16,27-28H,3-11H2,1-2H3/t12-,13+,14+,15+,16+,17+,18+/m1/s1. The third-order valence-electron chi connectivity index (χ3n) is 9.66. The molecule has 0 bridgehead atoms. The Labute approximate surface area is 162 Å². The molecule has 4 aliphatic carbocycles. The van der Waals surface area contributed by atoms with E-state index in [0.717, 1.165) is 25.7 Å². The van der Waals surface area contributed by atoms with Gasteiger partial charge in [-0.1, -0.05) is 13.8 Å². The Kier molecular flexibility index (Phi) is 4.50. The van der Waals surface area contributed by atoms with Gasteiger partial charge in [0.05, 0.1) is 0 Å². The Morgan fingerprint density at radius 3 is 2.11 bits per heavy atom. The van der Waals surface area contributed by atoms with E-state index in [9.17, 15) is 32.2 Å². The van der Waals surface area contributed by atoms with Crippen LogP contribution in [0.3, 0.4) is 0 Å². The van der Waals surface area contributed by atoms with Crippen molar-refractivity contribution in [3.63, 3.8) is 0 Å². The summed E-state index contributed by atoms with van der Waals surface area (Å²) in [6, 6.07) is 0. The number of alkyl halides is 5. The summed E-state index contributed by atoms with van der Waals surface area (Å²) in [4.78, 5) is 0. The van der Waals surface area contributed by atoms with Crippen LogP contribution in [-0.2, 0) is 0 Å². The third-order valence-corrected chi connectivity index (χ3v) is 9.66. The molecule has 0 unspecified atom stereocenters. The second kappa shape index (κ2) is 6.05. The van der Waals surface area contributed by atoms with E-state index in [0.29, 0.717) is 25.7 Å². The molecule has 7 heteroatoms. The number of hydrogen-bond donors (Lipinski definition) is 2. The van der Waals surface area contributed by atoms with Gasteiger partial charge in [0.25, 0.3) is 0 Å². The maximum absolute atomic E-state index is 14.3. The maximum atomic E-state index is 14.3. The van der Waals surface area contributed by atoms with Crippen LogP contribution >= 0.6 is 0 Å². The van der Waals surface area contributed by atoms with Crippen molar-refractivity contribution >= 4 is 0 Å². The Bertz CT molecular complexity index is 633. The summed E-state index contributed by atoms with van der Waals surface area (Å²) in [6.07, 6.45) is -0.876. The molecular formula is C21H31F5O2. The molecule has 2 nitrogen and oxygen atoms in total. The van der Waals surface area contributed by atoms with Crippen LogP contribution in [-0.4, -0.2) is 28.1 Å². The molecular weight excluding hydrogens is 379 g/mol.